The number of piperidine rings is 1. The molecule has 1 fully saturated rings. The molecule has 0 unspecified atom stereocenters. The molecule has 37 heavy (non-hydrogen) atoms. The zero-order chi connectivity index (χ0) is 26.6. The summed E-state index contributed by atoms with van der Waals surface area (Å²) < 4.78 is 5.53. The second-order valence-electron chi connectivity index (χ2n) is 8.66. The van der Waals surface area contributed by atoms with Crippen molar-refractivity contribution in [2.75, 3.05) is 19.6 Å². The number of thiophene rings is 1. The number of amides is 1. The Labute approximate surface area is 218 Å². The number of aryl methyl sites for hydroxylation is 1. The highest BCUT2D eigenvalue weighted by Gasteiger charge is 2.20. The third kappa shape index (κ3) is 9.62. The standard InChI is InChI=1S/C22H26N4O2S.C4H4O4/c1-16-13-19(29-15-16)21-24-25-22(28-21)20(27)23-10-7-17-8-11-26(12-9-17)14-18-5-3-2-4-6-18;5-3(6)1-2-4(7)8/h2-6,13,15,17H,7-12,14H2,1H3,(H,23,27);1-2H,(H,5,6)(H,7,8). The van der Waals surface area contributed by atoms with Crippen LogP contribution in [0.1, 0.15) is 41.1 Å². The van der Waals surface area contributed by atoms with E-state index in [1.165, 1.54) is 29.7 Å². The van der Waals surface area contributed by atoms with Crippen molar-refractivity contribution >= 4 is 29.2 Å². The first-order valence-corrected chi connectivity index (χ1v) is 12.8. The first-order chi connectivity index (χ1) is 17.8. The van der Waals surface area contributed by atoms with Crippen molar-refractivity contribution in [3.05, 3.63) is 70.9 Å². The summed E-state index contributed by atoms with van der Waals surface area (Å²) in [5, 5.41) is 28.4. The van der Waals surface area contributed by atoms with Gasteiger partial charge in [-0.25, -0.2) is 9.59 Å². The number of nitrogens with zero attached hydrogens (tertiary/aromatic N) is 3. The molecule has 1 saturated heterocycles. The van der Waals surface area contributed by atoms with Gasteiger partial charge in [0.15, 0.2) is 0 Å². The van der Waals surface area contributed by atoms with Crippen molar-refractivity contribution in [1.82, 2.24) is 20.4 Å². The fraction of sp³-hybridized carbons (Fsp3) is 0.346. The van der Waals surface area contributed by atoms with Gasteiger partial charge in [-0.3, -0.25) is 9.69 Å². The topological polar surface area (TPSA) is 146 Å². The Morgan fingerprint density at radius 3 is 2.38 bits per heavy atom. The SMILES string of the molecule is Cc1csc(-c2nnc(C(=O)NCCC3CCN(Cc4ccccc4)CC3)o2)c1.O=C(O)C=CC(=O)O. The van der Waals surface area contributed by atoms with Gasteiger partial charge >= 0.3 is 23.7 Å². The number of carboxylic acid groups (broad SMARTS) is 2. The van der Waals surface area contributed by atoms with Crippen molar-refractivity contribution in [2.45, 2.75) is 32.7 Å². The molecule has 2 aromatic heterocycles. The van der Waals surface area contributed by atoms with E-state index < -0.39 is 11.9 Å². The summed E-state index contributed by atoms with van der Waals surface area (Å²) >= 11 is 1.53. The molecule has 0 atom stereocenters. The minimum atomic E-state index is -1.26. The summed E-state index contributed by atoms with van der Waals surface area (Å²) in [4.78, 5) is 34.8. The van der Waals surface area contributed by atoms with Gasteiger partial charge in [0.25, 0.3) is 5.89 Å². The maximum atomic E-state index is 12.3. The molecular weight excluding hydrogens is 496 g/mol. The molecular formula is C26H30N4O6S. The summed E-state index contributed by atoms with van der Waals surface area (Å²) in [6.07, 6.45) is 4.44. The summed E-state index contributed by atoms with van der Waals surface area (Å²) in [5.41, 5.74) is 2.51. The van der Waals surface area contributed by atoms with E-state index in [1.54, 1.807) is 0 Å². The molecule has 0 bridgehead atoms. The Balaban J connectivity index is 0.000000414. The Hall–Kier alpha value is -3.83. The Morgan fingerprint density at radius 2 is 1.78 bits per heavy atom. The molecule has 0 spiro atoms. The first kappa shape index (κ1) is 27.8. The Kier molecular flexibility index (Phi) is 10.5. The molecule has 3 N–H and O–H groups in total. The molecule has 1 aromatic carbocycles. The summed E-state index contributed by atoms with van der Waals surface area (Å²) in [6.45, 7) is 5.89. The number of nitrogens with one attached hydrogen (secondary N) is 1. The van der Waals surface area contributed by atoms with Gasteiger partial charge in [0.1, 0.15) is 0 Å². The van der Waals surface area contributed by atoms with Gasteiger partial charge < -0.3 is 19.9 Å². The average Bonchev–Trinajstić information content (AvgIpc) is 3.54. The van der Waals surface area contributed by atoms with Gasteiger partial charge in [-0.2, -0.15) is 0 Å². The van der Waals surface area contributed by atoms with Crippen molar-refractivity contribution < 1.29 is 29.0 Å². The second-order valence-corrected chi connectivity index (χ2v) is 9.57. The van der Waals surface area contributed by atoms with Crippen molar-refractivity contribution in [3.8, 4) is 10.8 Å². The van der Waals surface area contributed by atoms with Crippen LogP contribution in [0.3, 0.4) is 0 Å². The van der Waals surface area contributed by atoms with E-state index in [9.17, 15) is 14.4 Å². The maximum absolute atomic E-state index is 12.3. The zero-order valence-electron chi connectivity index (χ0n) is 20.5. The monoisotopic (exact) mass is 526 g/mol. The molecule has 1 amide bonds. The van der Waals surface area contributed by atoms with Gasteiger partial charge in [-0.15, -0.1) is 21.5 Å². The maximum Gasteiger partial charge on any atom is 0.328 e. The smallest absolute Gasteiger partial charge is 0.328 e. The molecule has 196 valence electrons. The lowest BCUT2D eigenvalue weighted by atomic mass is 9.93. The van der Waals surface area contributed by atoms with Gasteiger partial charge in [-0.05, 0) is 67.8 Å². The van der Waals surface area contributed by atoms with E-state index >= 15 is 0 Å². The van der Waals surface area contributed by atoms with E-state index in [4.69, 9.17) is 14.6 Å². The lowest BCUT2D eigenvalue weighted by Crippen LogP contribution is -2.34. The Bertz CT molecular complexity index is 1180. The molecule has 1 aliphatic rings. The number of aliphatic carboxylic acids is 2. The van der Waals surface area contributed by atoms with Gasteiger partial charge in [-0.1, -0.05) is 30.3 Å². The largest absolute Gasteiger partial charge is 0.478 e. The number of hydrogen-bond donors (Lipinski definition) is 3. The number of hydrogen-bond acceptors (Lipinski definition) is 8. The summed E-state index contributed by atoms with van der Waals surface area (Å²) in [6, 6.07) is 12.6. The number of carbonyl (C=O) groups is 3. The number of carbonyl (C=O) groups excluding carboxylic acids is 1. The van der Waals surface area contributed by atoms with Crippen LogP contribution in [0, 0.1) is 12.8 Å². The lowest BCUT2D eigenvalue weighted by molar-refractivity contribution is -0.134. The summed E-state index contributed by atoms with van der Waals surface area (Å²) in [7, 11) is 0. The van der Waals surface area contributed by atoms with Crippen LogP contribution in [-0.4, -0.2) is 62.8 Å². The predicted molar refractivity (Wildman–Crippen MR) is 138 cm³/mol. The first-order valence-electron chi connectivity index (χ1n) is 11.9. The van der Waals surface area contributed by atoms with Crippen LogP contribution in [-0.2, 0) is 16.1 Å². The van der Waals surface area contributed by atoms with Gasteiger partial charge in [0.2, 0.25) is 0 Å². The van der Waals surface area contributed by atoms with E-state index in [0.29, 0.717) is 30.5 Å². The van der Waals surface area contributed by atoms with E-state index in [0.717, 1.165) is 36.5 Å². The number of benzene rings is 1. The molecule has 3 aromatic rings. The highest BCUT2D eigenvalue weighted by molar-refractivity contribution is 7.13. The molecule has 0 radical (unpaired) electrons. The molecule has 4 rings (SSSR count). The minimum Gasteiger partial charge on any atom is -0.478 e. The van der Waals surface area contributed by atoms with Crippen LogP contribution >= 0.6 is 11.3 Å². The highest BCUT2D eigenvalue weighted by atomic mass is 32.1. The number of likely N-dealkylation sites (tertiary alicyclic amines) is 1. The fourth-order valence-electron chi connectivity index (χ4n) is 3.84. The zero-order valence-corrected chi connectivity index (χ0v) is 21.3. The van der Waals surface area contributed by atoms with Crippen LogP contribution in [0.15, 0.2) is 58.3 Å². The van der Waals surface area contributed by atoms with Crippen molar-refractivity contribution in [3.63, 3.8) is 0 Å². The van der Waals surface area contributed by atoms with E-state index in [1.807, 2.05) is 18.4 Å². The van der Waals surface area contributed by atoms with Crippen LogP contribution in [0.25, 0.3) is 10.8 Å². The quantitative estimate of drug-likeness (QED) is 0.354. The molecule has 3 heterocycles. The number of carboxylic acids is 2. The molecule has 0 aliphatic carbocycles. The Morgan fingerprint density at radius 1 is 1.11 bits per heavy atom. The number of rotatable bonds is 9. The fourth-order valence-corrected chi connectivity index (χ4v) is 4.66. The van der Waals surface area contributed by atoms with Crippen LogP contribution in [0.4, 0.5) is 0 Å². The molecule has 10 nitrogen and oxygen atoms in total. The van der Waals surface area contributed by atoms with Crippen molar-refractivity contribution in [2.24, 2.45) is 5.92 Å². The van der Waals surface area contributed by atoms with E-state index in [2.05, 4.69) is 50.7 Å². The van der Waals surface area contributed by atoms with Crippen LogP contribution in [0.5, 0.6) is 0 Å². The van der Waals surface area contributed by atoms with Gasteiger partial charge in [0, 0.05) is 25.2 Å². The van der Waals surface area contributed by atoms with Crippen LogP contribution in [0.2, 0.25) is 0 Å². The van der Waals surface area contributed by atoms with Crippen LogP contribution < -0.4 is 5.32 Å². The predicted octanol–water partition coefficient (Wildman–Crippen LogP) is 3.85. The molecule has 11 heteroatoms. The highest BCUT2D eigenvalue weighted by Crippen LogP contribution is 2.25. The third-order valence-corrected chi connectivity index (χ3v) is 6.76. The minimum absolute atomic E-state index is 0.0312. The third-order valence-electron chi connectivity index (χ3n) is 5.72. The normalized spacial score (nSPS) is 14.2. The summed E-state index contributed by atoms with van der Waals surface area (Å²) in [5.74, 6) is -1.73. The molecule has 0 saturated carbocycles. The van der Waals surface area contributed by atoms with Gasteiger partial charge in [0.05, 0.1) is 4.88 Å². The van der Waals surface area contributed by atoms with E-state index in [-0.39, 0.29) is 11.8 Å². The lowest BCUT2D eigenvalue weighted by Gasteiger charge is -2.32. The average molecular weight is 527 g/mol. The second kappa shape index (κ2) is 14.0. The van der Waals surface area contributed by atoms with Crippen molar-refractivity contribution in [1.29, 1.82) is 0 Å². The number of aromatic nitrogens is 2. The molecule has 1 aliphatic heterocycles.